The van der Waals surface area contributed by atoms with Crippen molar-refractivity contribution < 1.29 is 28.6 Å². The molecule has 58 heavy (non-hydrogen) atoms. The standard InChI is InChI=1S/C52H98O6/c1-4-7-10-13-16-19-21-23-25-27-28-30-33-36-39-42-45-51(54)57-48-49(47-56-50(53)44-41-38-35-32-18-15-12-9-6-3)58-52(55)46-43-40-37-34-31-29-26-24-22-20-17-14-11-8-5-2/h32,35,49H,4-31,33-34,36-48H2,1-3H3/b35-32-. The monoisotopic (exact) mass is 819 g/mol. The van der Waals surface area contributed by atoms with Crippen LogP contribution in [0, 0.1) is 0 Å². The SMILES string of the molecule is CCCCCC/C=C\CCCC(=O)OCC(COC(=O)CCCCCCCCCCCCCCCCCC)OC(=O)CCCCCCCCCCCCCCCCC. The van der Waals surface area contributed by atoms with E-state index in [4.69, 9.17) is 14.2 Å². The van der Waals surface area contributed by atoms with Crippen molar-refractivity contribution in [3.63, 3.8) is 0 Å². The Labute approximate surface area is 360 Å². The maximum Gasteiger partial charge on any atom is 0.306 e. The number of hydrogen-bond donors (Lipinski definition) is 0. The van der Waals surface area contributed by atoms with E-state index in [1.807, 2.05) is 0 Å². The summed E-state index contributed by atoms with van der Waals surface area (Å²) < 4.78 is 16.7. The van der Waals surface area contributed by atoms with Gasteiger partial charge in [-0.3, -0.25) is 14.4 Å². The molecule has 0 saturated carbocycles. The second kappa shape index (κ2) is 47.8. The van der Waals surface area contributed by atoms with Crippen molar-refractivity contribution in [2.75, 3.05) is 13.2 Å². The summed E-state index contributed by atoms with van der Waals surface area (Å²) in [6.07, 6.45) is 52.1. The summed E-state index contributed by atoms with van der Waals surface area (Å²) in [6, 6.07) is 0. The molecule has 0 spiro atoms. The molecule has 0 aliphatic carbocycles. The second-order valence-corrected chi connectivity index (χ2v) is 17.4. The Morgan fingerprint density at radius 1 is 0.328 bits per heavy atom. The fraction of sp³-hybridized carbons (Fsp3) is 0.904. The first-order chi connectivity index (χ1) is 28.5. The van der Waals surface area contributed by atoms with E-state index in [0.717, 1.165) is 57.8 Å². The van der Waals surface area contributed by atoms with Gasteiger partial charge in [0.25, 0.3) is 0 Å². The first-order valence-electron chi connectivity index (χ1n) is 25.7. The molecule has 1 atom stereocenters. The van der Waals surface area contributed by atoms with E-state index in [-0.39, 0.29) is 31.1 Å². The summed E-state index contributed by atoms with van der Waals surface area (Å²) in [5.41, 5.74) is 0. The van der Waals surface area contributed by atoms with Crippen LogP contribution in [-0.4, -0.2) is 37.2 Å². The molecule has 0 aliphatic rings. The predicted octanol–water partition coefficient (Wildman–Crippen LogP) is 16.6. The molecule has 0 aliphatic heterocycles. The van der Waals surface area contributed by atoms with Crippen LogP contribution in [0.2, 0.25) is 0 Å². The largest absolute Gasteiger partial charge is 0.462 e. The van der Waals surface area contributed by atoms with Crippen LogP contribution in [-0.2, 0) is 28.6 Å². The van der Waals surface area contributed by atoms with Gasteiger partial charge in [-0.15, -0.1) is 0 Å². The number of carbonyl (C=O) groups excluding carboxylic acids is 3. The van der Waals surface area contributed by atoms with Gasteiger partial charge in [0.2, 0.25) is 0 Å². The molecule has 6 nitrogen and oxygen atoms in total. The molecule has 0 aromatic rings. The van der Waals surface area contributed by atoms with Gasteiger partial charge in [0, 0.05) is 19.3 Å². The number of carbonyl (C=O) groups is 3. The first-order valence-corrected chi connectivity index (χ1v) is 25.7. The number of unbranched alkanes of at least 4 members (excludes halogenated alkanes) is 34. The minimum absolute atomic E-state index is 0.0731. The zero-order chi connectivity index (χ0) is 42.3. The van der Waals surface area contributed by atoms with Crippen molar-refractivity contribution in [2.45, 2.75) is 290 Å². The van der Waals surface area contributed by atoms with Crippen molar-refractivity contribution in [1.82, 2.24) is 0 Å². The maximum atomic E-state index is 12.8. The molecule has 0 radical (unpaired) electrons. The van der Waals surface area contributed by atoms with Gasteiger partial charge >= 0.3 is 17.9 Å². The van der Waals surface area contributed by atoms with Crippen molar-refractivity contribution in [3.05, 3.63) is 12.2 Å². The van der Waals surface area contributed by atoms with E-state index >= 15 is 0 Å². The van der Waals surface area contributed by atoms with Gasteiger partial charge in [-0.1, -0.05) is 238 Å². The molecule has 1 unspecified atom stereocenters. The molecule has 342 valence electrons. The molecule has 0 amide bonds. The Morgan fingerprint density at radius 3 is 0.931 bits per heavy atom. The molecule has 0 N–H and O–H groups in total. The normalized spacial score (nSPS) is 12.0. The Bertz CT molecular complexity index is 900. The van der Waals surface area contributed by atoms with E-state index in [9.17, 15) is 14.4 Å². The molecule has 0 bridgehead atoms. The van der Waals surface area contributed by atoms with Crippen molar-refractivity contribution in [3.8, 4) is 0 Å². The highest BCUT2D eigenvalue weighted by molar-refractivity contribution is 5.71. The van der Waals surface area contributed by atoms with E-state index in [1.54, 1.807) is 0 Å². The quantitative estimate of drug-likeness (QED) is 0.0263. The highest BCUT2D eigenvalue weighted by atomic mass is 16.6. The third-order valence-corrected chi connectivity index (χ3v) is 11.5. The van der Waals surface area contributed by atoms with Crippen molar-refractivity contribution in [2.24, 2.45) is 0 Å². The van der Waals surface area contributed by atoms with Crippen LogP contribution in [0.5, 0.6) is 0 Å². The highest BCUT2D eigenvalue weighted by Crippen LogP contribution is 2.16. The van der Waals surface area contributed by atoms with Crippen molar-refractivity contribution >= 4 is 17.9 Å². The molecule has 0 fully saturated rings. The van der Waals surface area contributed by atoms with Gasteiger partial charge in [-0.05, 0) is 38.5 Å². The summed E-state index contributed by atoms with van der Waals surface area (Å²) in [4.78, 5) is 37.8. The number of esters is 3. The average molecular weight is 819 g/mol. The number of hydrogen-bond acceptors (Lipinski definition) is 6. The van der Waals surface area contributed by atoms with Crippen LogP contribution in [0.1, 0.15) is 284 Å². The number of allylic oxidation sites excluding steroid dienone is 2. The molecular formula is C52H98O6. The van der Waals surface area contributed by atoms with Gasteiger partial charge < -0.3 is 14.2 Å². The lowest BCUT2D eigenvalue weighted by molar-refractivity contribution is -0.167. The number of ether oxygens (including phenoxy) is 3. The molecule has 0 rings (SSSR count). The molecule has 6 heteroatoms. The minimum Gasteiger partial charge on any atom is -0.462 e. The van der Waals surface area contributed by atoms with E-state index in [2.05, 4.69) is 32.9 Å². The van der Waals surface area contributed by atoms with Gasteiger partial charge in [0.15, 0.2) is 6.10 Å². The predicted molar refractivity (Wildman–Crippen MR) is 247 cm³/mol. The summed E-state index contributed by atoms with van der Waals surface area (Å²) >= 11 is 0. The van der Waals surface area contributed by atoms with Crippen LogP contribution in [0.15, 0.2) is 12.2 Å². The van der Waals surface area contributed by atoms with Crippen molar-refractivity contribution in [1.29, 1.82) is 0 Å². The Morgan fingerprint density at radius 2 is 0.586 bits per heavy atom. The highest BCUT2D eigenvalue weighted by Gasteiger charge is 2.19. The van der Waals surface area contributed by atoms with Crippen LogP contribution in [0.3, 0.4) is 0 Å². The average Bonchev–Trinajstić information content (AvgIpc) is 3.22. The Balaban J connectivity index is 4.28. The van der Waals surface area contributed by atoms with Gasteiger partial charge in [-0.25, -0.2) is 0 Å². The van der Waals surface area contributed by atoms with Gasteiger partial charge in [-0.2, -0.15) is 0 Å². The van der Waals surface area contributed by atoms with E-state index in [1.165, 1.54) is 186 Å². The van der Waals surface area contributed by atoms with E-state index < -0.39 is 6.10 Å². The van der Waals surface area contributed by atoms with Gasteiger partial charge in [0.1, 0.15) is 13.2 Å². The second-order valence-electron chi connectivity index (χ2n) is 17.4. The molecule has 0 saturated heterocycles. The van der Waals surface area contributed by atoms with Crippen LogP contribution >= 0.6 is 0 Å². The van der Waals surface area contributed by atoms with Crippen LogP contribution in [0.25, 0.3) is 0 Å². The maximum absolute atomic E-state index is 12.8. The minimum atomic E-state index is -0.773. The Hall–Kier alpha value is -1.85. The summed E-state index contributed by atoms with van der Waals surface area (Å²) in [5.74, 6) is -0.894. The van der Waals surface area contributed by atoms with Crippen LogP contribution in [0.4, 0.5) is 0 Å². The number of rotatable bonds is 47. The third-order valence-electron chi connectivity index (χ3n) is 11.5. The summed E-state index contributed by atoms with van der Waals surface area (Å²) in [6.45, 7) is 6.62. The molecule has 0 aromatic heterocycles. The molecule has 0 aromatic carbocycles. The smallest absolute Gasteiger partial charge is 0.306 e. The van der Waals surface area contributed by atoms with E-state index in [0.29, 0.717) is 19.3 Å². The molecular weight excluding hydrogens is 721 g/mol. The van der Waals surface area contributed by atoms with Gasteiger partial charge in [0.05, 0.1) is 0 Å². The molecule has 0 heterocycles. The summed E-state index contributed by atoms with van der Waals surface area (Å²) in [5, 5.41) is 0. The topological polar surface area (TPSA) is 78.9 Å². The lowest BCUT2D eigenvalue weighted by Gasteiger charge is -2.18. The fourth-order valence-electron chi connectivity index (χ4n) is 7.62. The fourth-order valence-corrected chi connectivity index (χ4v) is 7.62. The summed E-state index contributed by atoms with van der Waals surface area (Å²) in [7, 11) is 0. The lowest BCUT2D eigenvalue weighted by Crippen LogP contribution is -2.30. The zero-order valence-electron chi connectivity index (χ0n) is 39.1. The zero-order valence-corrected chi connectivity index (χ0v) is 39.1. The van der Waals surface area contributed by atoms with Crippen LogP contribution < -0.4 is 0 Å². The Kier molecular flexibility index (Phi) is 46.3. The third kappa shape index (κ3) is 45.2. The lowest BCUT2D eigenvalue weighted by atomic mass is 10.0. The first kappa shape index (κ1) is 56.1.